The standard InChI is InChI=1S/C23H18N2O4/c1-15-21(10-9-18-20(26)11-13-28-22(15)18)29-23(19-4-2-3-12-25(19)27)17-7-5-16(14-24)6-8-17/h2-10,12,23H,11,13H2,1H3/t23-/m1/s1. The van der Waals surface area contributed by atoms with Crippen molar-refractivity contribution in [1.29, 1.82) is 5.26 Å². The molecule has 3 aromatic rings. The average Bonchev–Trinajstić information content (AvgIpc) is 2.75. The van der Waals surface area contributed by atoms with Crippen LogP contribution in [0.2, 0.25) is 0 Å². The van der Waals surface area contributed by atoms with Crippen LogP contribution in [0.15, 0.2) is 60.8 Å². The Kier molecular flexibility index (Phi) is 4.88. The van der Waals surface area contributed by atoms with E-state index in [0.29, 0.717) is 46.9 Å². The lowest BCUT2D eigenvalue weighted by Crippen LogP contribution is -2.34. The van der Waals surface area contributed by atoms with E-state index >= 15 is 0 Å². The molecule has 0 aliphatic carbocycles. The minimum atomic E-state index is -0.697. The van der Waals surface area contributed by atoms with Crippen LogP contribution in [0.3, 0.4) is 0 Å². The molecule has 144 valence electrons. The van der Waals surface area contributed by atoms with Gasteiger partial charge in [-0.15, -0.1) is 0 Å². The number of rotatable bonds is 4. The summed E-state index contributed by atoms with van der Waals surface area (Å²) in [4.78, 5) is 12.1. The number of hydrogen-bond donors (Lipinski definition) is 0. The van der Waals surface area contributed by atoms with Crippen molar-refractivity contribution in [3.63, 3.8) is 0 Å². The van der Waals surface area contributed by atoms with E-state index in [4.69, 9.17) is 14.7 Å². The van der Waals surface area contributed by atoms with Crippen molar-refractivity contribution in [2.75, 3.05) is 6.61 Å². The second-order valence-electron chi connectivity index (χ2n) is 6.77. The molecule has 0 bridgehead atoms. The maximum atomic E-state index is 12.4. The molecule has 6 nitrogen and oxygen atoms in total. The fourth-order valence-electron chi connectivity index (χ4n) is 3.39. The van der Waals surface area contributed by atoms with E-state index in [0.717, 1.165) is 10.3 Å². The zero-order chi connectivity index (χ0) is 20.4. The van der Waals surface area contributed by atoms with Crippen LogP contribution in [0.5, 0.6) is 11.5 Å². The maximum absolute atomic E-state index is 12.4. The number of Topliss-reactive ketones (excluding diaryl/α,β-unsaturated/α-hetero) is 1. The van der Waals surface area contributed by atoms with Gasteiger partial charge in [-0.2, -0.15) is 9.99 Å². The molecule has 2 aromatic carbocycles. The highest BCUT2D eigenvalue weighted by Gasteiger charge is 2.27. The van der Waals surface area contributed by atoms with Crippen LogP contribution >= 0.6 is 0 Å². The highest BCUT2D eigenvalue weighted by molar-refractivity contribution is 6.00. The van der Waals surface area contributed by atoms with Crippen LogP contribution in [0.25, 0.3) is 0 Å². The molecule has 29 heavy (non-hydrogen) atoms. The number of nitriles is 1. The number of carbonyl (C=O) groups excluding carboxylic acids is 1. The Labute approximate surface area is 168 Å². The second-order valence-corrected chi connectivity index (χ2v) is 6.77. The van der Waals surface area contributed by atoms with Crippen LogP contribution in [0, 0.1) is 23.5 Å². The van der Waals surface area contributed by atoms with E-state index < -0.39 is 6.10 Å². The molecule has 6 heteroatoms. The smallest absolute Gasteiger partial charge is 0.238 e. The third-order valence-corrected chi connectivity index (χ3v) is 4.94. The Bertz CT molecular complexity index is 1120. The predicted octanol–water partition coefficient (Wildman–Crippen LogP) is 3.63. The highest BCUT2D eigenvalue weighted by atomic mass is 16.5. The molecule has 0 fully saturated rings. The monoisotopic (exact) mass is 386 g/mol. The minimum absolute atomic E-state index is 0.0463. The molecule has 0 spiro atoms. The van der Waals surface area contributed by atoms with Gasteiger partial charge in [0, 0.05) is 29.7 Å². The first-order chi connectivity index (χ1) is 14.1. The topological polar surface area (TPSA) is 86.3 Å². The molecule has 4 rings (SSSR count). The molecule has 1 aliphatic rings. The van der Waals surface area contributed by atoms with Crippen molar-refractivity contribution < 1.29 is 19.0 Å². The summed E-state index contributed by atoms with van der Waals surface area (Å²) < 4.78 is 12.7. The summed E-state index contributed by atoms with van der Waals surface area (Å²) in [5, 5.41) is 21.5. The van der Waals surface area contributed by atoms with E-state index in [1.807, 2.05) is 6.92 Å². The largest absolute Gasteiger partial charge is 0.618 e. The van der Waals surface area contributed by atoms with Gasteiger partial charge in [-0.05, 0) is 37.3 Å². The Morgan fingerprint density at radius 3 is 2.69 bits per heavy atom. The molecule has 1 aliphatic heterocycles. The van der Waals surface area contributed by atoms with Crippen LogP contribution in [0.1, 0.15) is 45.3 Å². The Morgan fingerprint density at radius 1 is 1.17 bits per heavy atom. The number of carbonyl (C=O) groups is 1. The van der Waals surface area contributed by atoms with Gasteiger partial charge >= 0.3 is 0 Å². The number of ether oxygens (including phenoxy) is 2. The molecule has 0 saturated heterocycles. The van der Waals surface area contributed by atoms with Gasteiger partial charge in [-0.1, -0.05) is 12.1 Å². The summed E-state index contributed by atoms with van der Waals surface area (Å²) in [5.74, 6) is 1.10. The van der Waals surface area contributed by atoms with Gasteiger partial charge in [-0.25, -0.2) is 0 Å². The Hall–Kier alpha value is -3.85. The normalized spacial score (nSPS) is 13.7. The molecule has 0 amide bonds. The Balaban J connectivity index is 1.78. The number of pyridine rings is 1. The third kappa shape index (κ3) is 3.50. The fraction of sp³-hybridized carbons (Fsp3) is 0.174. The van der Waals surface area contributed by atoms with Gasteiger partial charge in [-0.3, -0.25) is 4.79 Å². The van der Waals surface area contributed by atoms with E-state index in [1.54, 1.807) is 54.6 Å². The number of nitrogens with zero attached hydrogens (tertiary/aromatic N) is 2. The summed E-state index contributed by atoms with van der Waals surface area (Å²) >= 11 is 0. The molecule has 0 saturated carbocycles. The quantitative estimate of drug-likeness (QED) is 0.505. The fourth-order valence-corrected chi connectivity index (χ4v) is 3.39. The first-order valence-electron chi connectivity index (χ1n) is 9.23. The average molecular weight is 386 g/mol. The predicted molar refractivity (Wildman–Crippen MR) is 105 cm³/mol. The highest BCUT2D eigenvalue weighted by Crippen LogP contribution is 2.37. The third-order valence-electron chi connectivity index (χ3n) is 4.94. The van der Waals surface area contributed by atoms with E-state index in [9.17, 15) is 10.0 Å². The summed E-state index contributed by atoms with van der Waals surface area (Å²) in [6.45, 7) is 2.17. The van der Waals surface area contributed by atoms with Crippen LogP contribution in [-0.2, 0) is 0 Å². The summed E-state index contributed by atoms with van der Waals surface area (Å²) in [7, 11) is 0. The molecule has 1 atom stereocenters. The minimum Gasteiger partial charge on any atom is -0.618 e. The number of benzene rings is 2. The van der Waals surface area contributed by atoms with Crippen LogP contribution < -0.4 is 14.2 Å². The van der Waals surface area contributed by atoms with Crippen molar-refractivity contribution in [3.8, 4) is 17.6 Å². The van der Waals surface area contributed by atoms with E-state index in [-0.39, 0.29) is 5.78 Å². The van der Waals surface area contributed by atoms with Crippen LogP contribution in [0.4, 0.5) is 0 Å². The van der Waals surface area contributed by atoms with Gasteiger partial charge in [0.05, 0.1) is 23.8 Å². The molecule has 1 aromatic heterocycles. The zero-order valence-electron chi connectivity index (χ0n) is 15.8. The number of ketones is 1. The lowest BCUT2D eigenvalue weighted by atomic mass is 10.0. The zero-order valence-corrected chi connectivity index (χ0v) is 15.8. The molecule has 0 N–H and O–H groups in total. The van der Waals surface area contributed by atoms with Crippen molar-refractivity contribution >= 4 is 5.78 Å². The van der Waals surface area contributed by atoms with E-state index in [2.05, 4.69) is 6.07 Å². The molecular formula is C23H18N2O4. The summed E-state index contributed by atoms with van der Waals surface area (Å²) in [6, 6.07) is 17.5. The van der Waals surface area contributed by atoms with Crippen molar-refractivity contribution in [1.82, 2.24) is 0 Å². The SMILES string of the molecule is Cc1c(O[C@H](c2ccc(C#N)cc2)c2cccc[n+]2[O-])ccc2c1OCCC2=O. The molecular weight excluding hydrogens is 368 g/mol. The first kappa shape index (κ1) is 18.5. The van der Waals surface area contributed by atoms with Gasteiger partial charge < -0.3 is 14.7 Å². The molecule has 0 unspecified atom stereocenters. The number of aromatic nitrogens is 1. The lowest BCUT2D eigenvalue weighted by molar-refractivity contribution is -0.617. The van der Waals surface area contributed by atoms with Crippen molar-refractivity contribution in [2.24, 2.45) is 0 Å². The lowest BCUT2D eigenvalue weighted by Gasteiger charge is -2.23. The van der Waals surface area contributed by atoms with Gasteiger partial charge in [0.25, 0.3) is 0 Å². The maximum Gasteiger partial charge on any atom is 0.238 e. The van der Waals surface area contributed by atoms with Gasteiger partial charge in [0.1, 0.15) is 11.5 Å². The van der Waals surface area contributed by atoms with Gasteiger partial charge in [0.2, 0.25) is 11.8 Å². The van der Waals surface area contributed by atoms with Crippen molar-refractivity contribution in [3.05, 3.63) is 93.9 Å². The second kappa shape index (κ2) is 7.64. The molecule has 0 radical (unpaired) electrons. The number of hydrogen-bond acceptors (Lipinski definition) is 5. The summed E-state index contributed by atoms with van der Waals surface area (Å²) in [5.41, 5.74) is 2.92. The molecule has 2 heterocycles. The van der Waals surface area contributed by atoms with E-state index in [1.165, 1.54) is 6.20 Å². The Morgan fingerprint density at radius 2 is 1.97 bits per heavy atom. The first-order valence-corrected chi connectivity index (χ1v) is 9.23. The summed E-state index contributed by atoms with van der Waals surface area (Å²) in [6.07, 6.45) is 1.08. The van der Waals surface area contributed by atoms with Gasteiger partial charge in [0.15, 0.2) is 12.0 Å². The van der Waals surface area contributed by atoms with Crippen LogP contribution in [-0.4, -0.2) is 12.4 Å². The van der Waals surface area contributed by atoms with Crippen molar-refractivity contribution in [2.45, 2.75) is 19.4 Å². The number of fused-ring (bicyclic) bond motifs is 1.